The van der Waals surface area contributed by atoms with Gasteiger partial charge in [0.05, 0.1) is 7.11 Å². The molecule has 0 saturated heterocycles. The number of fused-ring (bicyclic) bond motifs is 1. The van der Waals surface area contributed by atoms with Gasteiger partial charge < -0.3 is 14.3 Å². The van der Waals surface area contributed by atoms with Crippen LogP contribution >= 0.6 is 0 Å². The minimum Gasteiger partial charge on any atom is -0.493 e. The first kappa shape index (κ1) is 10.2. The SMILES string of the molecule is COc1cccc2c(C3CC3)c(C(=O)O)oc12. The lowest BCUT2D eigenvalue weighted by molar-refractivity contribution is 0.0663. The summed E-state index contributed by atoms with van der Waals surface area (Å²) < 4.78 is 10.6. The first-order chi connectivity index (χ1) is 8.22. The molecule has 4 nitrogen and oxygen atoms in total. The van der Waals surface area contributed by atoms with Crippen molar-refractivity contribution in [3.05, 3.63) is 29.5 Å². The number of para-hydroxylation sites is 1. The molecule has 0 radical (unpaired) electrons. The van der Waals surface area contributed by atoms with Crippen LogP contribution in [0.2, 0.25) is 0 Å². The molecule has 17 heavy (non-hydrogen) atoms. The summed E-state index contributed by atoms with van der Waals surface area (Å²) in [5.41, 5.74) is 1.36. The summed E-state index contributed by atoms with van der Waals surface area (Å²) in [6.07, 6.45) is 2.07. The zero-order valence-electron chi connectivity index (χ0n) is 9.40. The molecule has 1 aromatic carbocycles. The van der Waals surface area contributed by atoms with E-state index in [-0.39, 0.29) is 5.76 Å². The van der Waals surface area contributed by atoms with Gasteiger partial charge in [-0.2, -0.15) is 0 Å². The van der Waals surface area contributed by atoms with Crippen molar-refractivity contribution in [1.29, 1.82) is 0 Å². The van der Waals surface area contributed by atoms with Crippen molar-refractivity contribution < 1.29 is 19.1 Å². The molecule has 1 heterocycles. The van der Waals surface area contributed by atoms with E-state index < -0.39 is 5.97 Å². The molecular formula is C13H12O4. The van der Waals surface area contributed by atoms with E-state index >= 15 is 0 Å². The van der Waals surface area contributed by atoms with Crippen LogP contribution in [0.15, 0.2) is 22.6 Å². The van der Waals surface area contributed by atoms with Gasteiger partial charge in [0.2, 0.25) is 5.76 Å². The summed E-state index contributed by atoms with van der Waals surface area (Å²) in [6.45, 7) is 0. The monoisotopic (exact) mass is 232 g/mol. The van der Waals surface area contributed by atoms with Crippen molar-refractivity contribution in [2.24, 2.45) is 0 Å². The number of carboxylic acids is 1. The number of carboxylic acid groups (broad SMARTS) is 1. The van der Waals surface area contributed by atoms with Gasteiger partial charge in [0.1, 0.15) is 0 Å². The molecule has 0 atom stereocenters. The topological polar surface area (TPSA) is 59.7 Å². The Morgan fingerprint density at radius 3 is 2.82 bits per heavy atom. The number of ether oxygens (including phenoxy) is 1. The van der Waals surface area contributed by atoms with Crippen molar-refractivity contribution in [2.45, 2.75) is 18.8 Å². The Morgan fingerprint density at radius 1 is 1.47 bits per heavy atom. The van der Waals surface area contributed by atoms with Crippen molar-refractivity contribution in [3.8, 4) is 5.75 Å². The van der Waals surface area contributed by atoms with E-state index in [0.717, 1.165) is 23.8 Å². The highest BCUT2D eigenvalue weighted by atomic mass is 16.5. The lowest BCUT2D eigenvalue weighted by Gasteiger charge is -1.99. The van der Waals surface area contributed by atoms with Gasteiger partial charge in [0.25, 0.3) is 0 Å². The van der Waals surface area contributed by atoms with Gasteiger partial charge in [0, 0.05) is 10.9 Å². The molecule has 2 aromatic rings. The Bertz CT molecular complexity index is 593. The fourth-order valence-corrected chi connectivity index (χ4v) is 2.21. The number of rotatable bonds is 3. The molecule has 0 amide bonds. The summed E-state index contributed by atoms with van der Waals surface area (Å²) in [5.74, 6) is -0.0384. The van der Waals surface area contributed by atoms with E-state index in [1.54, 1.807) is 13.2 Å². The lowest BCUT2D eigenvalue weighted by Crippen LogP contribution is -1.97. The Morgan fingerprint density at radius 2 is 2.24 bits per heavy atom. The molecule has 1 aliphatic carbocycles. The first-order valence-electron chi connectivity index (χ1n) is 5.55. The molecule has 3 rings (SSSR count). The summed E-state index contributed by atoms with van der Waals surface area (Å²) in [7, 11) is 1.55. The second kappa shape index (κ2) is 3.52. The molecular weight excluding hydrogens is 220 g/mol. The van der Waals surface area contributed by atoms with E-state index in [9.17, 15) is 9.90 Å². The van der Waals surface area contributed by atoms with Crippen LogP contribution in [0.25, 0.3) is 11.0 Å². The number of hydrogen-bond acceptors (Lipinski definition) is 3. The van der Waals surface area contributed by atoms with E-state index in [0.29, 0.717) is 17.3 Å². The molecule has 88 valence electrons. The van der Waals surface area contributed by atoms with Crippen LogP contribution in [-0.4, -0.2) is 18.2 Å². The number of carbonyl (C=O) groups is 1. The van der Waals surface area contributed by atoms with Gasteiger partial charge in [0.15, 0.2) is 11.3 Å². The number of aromatic carboxylic acids is 1. The lowest BCUT2D eigenvalue weighted by atomic mass is 10.1. The average Bonchev–Trinajstić information content (AvgIpc) is 3.08. The van der Waals surface area contributed by atoms with E-state index in [1.165, 1.54) is 0 Å². The fourth-order valence-electron chi connectivity index (χ4n) is 2.21. The van der Waals surface area contributed by atoms with Crippen molar-refractivity contribution in [2.75, 3.05) is 7.11 Å². The van der Waals surface area contributed by atoms with Gasteiger partial charge in [-0.3, -0.25) is 0 Å². The summed E-state index contributed by atoms with van der Waals surface area (Å²) in [5, 5.41) is 10.0. The molecule has 1 N–H and O–H groups in total. The van der Waals surface area contributed by atoms with Crippen molar-refractivity contribution in [3.63, 3.8) is 0 Å². The van der Waals surface area contributed by atoms with Gasteiger partial charge in [-0.15, -0.1) is 0 Å². The molecule has 1 aliphatic rings. The zero-order chi connectivity index (χ0) is 12.0. The molecule has 4 heteroatoms. The van der Waals surface area contributed by atoms with E-state index in [1.807, 2.05) is 12.1 Å². The van der Waals surface area contributed by atoms with Crippen LogP contribution in [0, 0.1) is 0 Å². The van der Waals surface area contributed by atoms with Gasteiger partial charge in [-0.05, 0) is 24.8 Å². The van der Waals surface area contributed by atoms with Crippen LogP contribution < -0.4 is 4.74 Å². The van der Waals surface area contributed by atoms with Crippen LogP contribution in [0.5, 0.6) is 5.75 Å². The highest BCUT2D eigenvalue weighted by molar-refractivity contribution is 5.97. The first-order valence-corrected chi connectivity index (χ1v) is 5.55. The highest BCUT2D eigenvalue weighted by Gasteiger charge is 2.33. The predicted octanol–water partition coefficient (Wildman–Crippen LogP) is 3.02. The van der Waals surface area contributed by atoms with Crippen LogP contribution in [0.4, 0.5) is 0 Å². The molecule has 1 fully saturated rings. The molecule has 0 unspecified atom stereocenters. The van der Waals surface area contributed by atoms with Crippen molar-refractivity contribution >= 4 is 16.9 Å². The van der Waals surface area contributed by atoms with Crippen LogP contribution in [0.3, 0.4) is 0 Å². The Kier molecular flexibility index (Phi) is 2.11. The van der Waals surface area contributed by atoms with Gasteiger partial charge in [-0.25, -0.2) is 4.79 Å². The Hall–Kier alpha value is -1.97. The van der Waals surface area contributed by atoms with Crippen LogP contribution in [-0.2, 0) is 0 Å². The van der Waals surface area contributed by atoms with E-state index in [2.05, 4.69) is 0 Å². The van der Waals surface area contributed by atoms with Gasteiger partial charge >= 0.3 is 5.97 Å². The third kappa shape index (κ3) is 1.48. The smallest absolute Gasteiger partial charge is 0.372 e. The molecule has 0 spiro atoms. The zero-order valence-corrected chi connectivity index (χ0v) is 9.40. The number of benzene rings is 1. The van der Waals surface area contributed by atoms with Crippen molar-refractivity contribution in [1.82, 2.24) is 0 Å². The second-order valence-electron chi connectivity index (χ2n) is 4.26. The number of furan rings is 1. The van der Waals surface area contributed by atoms with E-state index in [4.69, 9.17) is 9.15 Å². The van der Waals surface area contributed by atoms with Gasteiger partial charge in [-0.1, -0.05) is 12.1 Å². The molecule has 0 aliphatic heterocycles. The predicted molar refractivity (Wildman–Crippen MR) is 61.7 cm³/mol. The molecule has 0 bridgehead atoms. The third-order valence-electron chi connectivity index (χ3n) is 3.12. The standard InChI is InChI=1S/C13H12O4/c1-16-9-4-2-3-8-10(7-5-6-7)12(13(14)15)17-11(8)9/h2-4,7H,5-6H2,1H3,(H,14,15). The summed E-state index contributed by atoms with van der Waals surface area (Å²) in [6, 6.07) is 5.52. The maximum Gasteiger partial charge on any atom is 0.372 e. The third-order valence-corrected chi connectivity index (χ3v) is 3.12. The fraction of sp³-hybridized carbons (Fsp3) is 0.308. The van der Waals surface area contributed by atoms with Crippen LogP contribution in [0.1, 0.15) is 34.9 Å². The summed E-state index contributed by atoms with van der Waals surface area (Å²) in [4.78, 5) is 11.2. The minimum atomic E-state index is -1.01. The maximum absolute atomic E-state index is 11.2. The second-order valence-corrected chi connectivity index (χ2v) is 4.26. The Balaban J connectivity index is 2.33. The number of methoxy groups -OCH3 is 1. The average molecular weight is 232 g/mol. The quantitative estimate of drug-likeness (QED) is 0.883. The summed E-state index contributed by atoms with van der Waals surface area (Å²) >= 11 is 0. The minimum absolute atomic E-state index is 0.0620. The molecule has 1 aromatic heterocycles. The highest BCUT2D eigenvalue weighted by Crippen LogP contribution is 2.47. The molecule has 1 saturated carbocycles. The maximum atomic E-state index is 11.2. The Labute approximate surface area is 97.8 Å². The number of hydrogen-bond donors (Lipinski definition) is 1. The largest absolute Gasteiger partial charge is 0.493 e. The normalized spacial score (nSPS) is 15.1.